The first-order valence-electron chi connectivity index (χ1n) is 4.92. The second-order valence-corrected chi connectivity index (χ2v) is 4.81. The molecule has 0 aromatic carbocycles. The fraction of sp³-hybridized carbons (Fsp3) is 0.300. The highest BCUT2D eigenvalue weighted by Crippen LogP contribution is 2.30. The molecule has 0 atom stereocenters. The largest absolute Gasteiger partial charge is 0.417 e. The average Bonchev–Trinajstić information content (AvgIpc) is 2.77. The van der Waals surface area contributed by atoms with Crippen LogP contribution < -0.4 is 0 Å². The van der Waals surface area contributed by atoms with Gasteiger partial charge in [-0.3, -0.25) is 4.98 Å². The molecule has 0 radical (unpaired) electrons. The van der Waals surface area contributed by atoms with Crippen LogP contribution in [-0.2, 0) is 12.6 Å². The quantitative estimate of drug-likeness (QED) is 0.814. The Labute approximate surface area is 110 Å². The molecular formula is C10H7ClF3N3S. The maximum atomic E-state index is 12.3. The van der Waals surface area contributed by atoms with Crippen molar-refractivity contribution in [2.24, 2.45) is 0 Å². The molecule has 2 rings (SSSR count). The minimum absolute atomic E-state index is 0.376. The van der Waals surface area contributed by atoms with Gasteiger partial charge in [0.15, 0.2) is 5.01 Å². The minimum Gasteiger partial charge on any atom is -0.253 e. The highest BCUT2D eigenvalue weighted by atomic mass is 35.5. The number of hydrogen-bond donors (Lipinski definition) is 0. The molecule has 2 aromatic heterocycles. The first-order valence-corrected chi connectivity index (χ1v) is 6.28. The first-order chi connectivity index (χ1) is 8.50. The van der Waals surface area contributed by atoms with Gasteiger partial charge in [0, 0.05) is 18.5 Å². The van der Waals surface area contributed by atoms with Crippen molar-refractivity contribution in [3.8, 4) is 10.7 Å². The van der Waals surface area contributed by atoms with E-state index in [2.05, 4.69) is 15.2 Å². The molecule has 0 fully saturated rings. The van der Waals surface area contributed by atoms with E-state index in [0.717, 1.165) is 17.3 Å². The fourth-order valence-electron chi connectivity index (χ4n) is 1.23. The molecule has 8 heteroatoms. The van der Waals surface area contributed by atoms with Crippen molar-refractivity contribution in [1.82, 2.24) is 15.2 Å². The van der Waals surface area contributed by atoms with Crippen LogP contribution in [0.2, 0.25) is 0 Å². The van der Waals surface area contributed by atoms with Crippen LogP contribution in [0.5, 0.6) is 0 Å². The van der Waals surface area contributed by atoms with Gasteiger partial charge in [-0.05, 0) is 12.1 Å². The summed E-state index contributed by atoms with van der Waals surface area (Å²) < 4.78 is 37.0. The summed E-state index contributed by atoms with van der Waals surface area (Å²) >= 11 is 6.83. The molecule has 0 saturated heterocycles. The topological polar surface area (TPSA) is 38.7 Å². The van der Waals surface area contributed by atoms with Crippen molar-refractivity contribution in [3.05, 3.63) is 28.9 Å². The number of aromatic nitrogens is 3. The van der Waals surface area contributed by atoms with Crippen molar-refractivity contribution < 1.29 is 13.2 Å². The van der Waals surface area contributed by atoms with Crippen molar-refractivity contribution in [2.75, 3.05) is 5.88 Å². The Morgan fingerprint density at radius 3 is 2.56 bits per heavy atom. The molecule has 0 N–H and O–H groups in total. The summed E-state index contributed by atoms with van der Waals surface area (Å²) in [6.07, 6.45) is -3.01. The summed E-state index contributed by atoms with van der Waals surface area (Å²) in [6, 6.07) is 2.26. The zero-order valence-electron chi connectivity index (χ0n) is 8.91. The van der Waals surface area contributed by atoms with Crippen LogP contribution in [0.15, 0.2) is 18.3 Å². The first kappa shape index (κ1) is 13.2. The van der Waals surface area contributed by atoms with Gasteiger partial charge in [0.05, 0.1) is 5.56 Å². The van der Waals surface area contributed by atoms with E-state index in [0.29, 0.717) is 23.0 Å². The summed E-state index contributed by atoms with van der Waals surface area (Å²) in [5.74, 6) is 0.426. The molecule has 0 bridgehead atoms. The Balaban J connectivity index is 2.23. The second-order valence-electron chi connectivity index (χ2n) is 3.37. The zero-order chi connectivity index (χ0) is 13.2. The third-order valence-electron chi connectivity index (χ3n) is 2.09. The third kappa shape index (κ3) is 2.97. The maximum absolute atomic E-state index is 12.3. The van der Waals surface area contributed by atoms with E-state index < -0.39 is 11.7 Å². The molecule has 3 nitrogen and oxygen atoms in total. The predicted octanol–water partition coefficient (Wildman–Crippen LogP) is 3.40. The lowest BCUT2D eigenvalue weighted by molar-refractivity contribution is -0.137. The van der Waals surface area contributed by atoms with E-state index in [1.807, 2.05) is 0 Å². The van der Waals surface area contributed by atoms with Gasteiger partial charge in [0.1, 0.15) is 10.7 Å². The molecule has 2 aromatic rings. The predicted molar refractivity (Wildman–Crippen MR) is 62.6 cm³/mol. The van der Waals surface area contributed by atoms with Crippen molar-refractivity contribution in [1.29, 1.82) is 0 Å². The van der Waals surface area contributed by atoms with E-state index in [-0.39, 0.29) is 0 Å². The van der Waals surface area contributed by atoms with Gasteiger partial charge in [-0.2, -0.15) is 13.2 Å². The number of pyridine rings is 1. The summed E-state index contributed by atoms with van der Waals surface area (Å²) in [5, 5.41) is 8.97. The van der Waals surface area contributed by atoms with Crippen LogP contribution in [-0.4, -0.2) is 21.1 Å². The molecule has 96 valence electrons. The van der Waals surface area contributed by atoms with E-state index >= 15 is 0 Å². The summed E-state index contributed by atoms with van der Waals surface area (Å²) in [6.45, 7) is 0. The molecule has 2 heterocycles. The van der Waals surface area contributed by atoms with Gasteiger partial charge in [-0.1, -0.05) is 11.3 Å². The lowest BCUT2D eigenvalue weighted by Crippen LogP contribution is -2.05. The lowest BCUT2D eigenvalue weighted by atomic mass is 10.2. The Bertz CT molecular complexity index is 524. The number of aryl methyl sites for hydroxylation is 1. The van der Waals surface area contributed by atoms with Crippen molar-refractivity contribution >= 4 is 22.9 Å². The Morgan fingerprint density at radius 2 is 2.00 bits per heavy atom. The monoisotopic (exact) mass is 293 g/mol. The summed E-state index contributed by atoms with van der Waals surface area (Å²) in [4.78, 5) is 3.74. The number of hydrogen-bond acceptors (Lipinski definition) is 4. The van der Waals surface area contributed by atoms with Gasteiger partial charge in [0.2, 0.25) is 0 Å². The molecule has 0 aliphatic rings. The highest BCUT2D eigenvalue weighted by molar-refractivity contribution is 7.14. The maximum Gasteiger partial charge on any atom is 0.417 e. The van der Waals surface area contributed by atoms with E-state index in [1.54, 1.807) is 0 Å². The minimum atomic E-state index is -4.38. The van der Waals surface area contributed by atoms with Crippen LogP contribution in [0.4, 0.5) is 13.2 Å². The van der Waals surface area contributed by atoms with Gasteiger partial charge < -0.3 is 0 Å². The molecule has 18 heavy (non-hydrogen) atoms. The Hall–Kier alpha value is -1.21. The molecule has 0 unspecified atom stereocenters. The van der Waals surface area contributed by atoms with Crippen molar-refractivity contribution in [2.45, 2.75) is 12.6 Å². The van der Waals surface area contributed by atoms with E-state index in [4.69, 9.17) is 11.6 Å². The van der Waals surface area contributed by atoms with Gasteiger partial charge in [-0.15, -0.1) is 21.8 Å². The normalized spacial score (nSPS) is 11.8. The second kappa shape index (κ2) is 5.19. The highest BCUT2D eigenvalue weighted by Gasteiger charge is 2.30. The molecular weight excluding hydrogens is 287 g/mol. The molecule has 0 amide bonds. The van der Waals surface area contributed by atoms with Gasteiger partial charge in [-0.25, -0.2) is 0 Å². The van der Waals surface area contributed by atoms with Crippen LogP contribution in [0.3, 0.4) is 0 Å². The van der Waals surface area contributed by atoms with Gasteiger partial charge in [0.25, 0.3) is 0 Å². The van der Waals surface area contributed by atoms with Gasteiger partial charge >= 0.3 is 6.18 Å². The summed E-state index contributed by atoms with van der Waals surface area (Å²) in [5.41, 5.74) is -0.405. The Kier molecular flexibility index (Phi) is 3.82. The third-order valence-corrected chi connectivity index (χ3v) is 3.28. The van der Waals surface area contributed by atoms with Crippen LogP contribution >= 0.6 is 22.9 Å². The average molecular weight is 294 g/mol. The lowest BCUT2D eigenvalue weighted by Gasteiger charge is -2.05. The van der Waals surface area contributed by atoms with Crippen molar-refractivity contribution in [3.63, 3.8) is 0 Å². The van der Waals surface area contributed by atoms with E-state index in [1.165, 1.54) is 17.4 Å². The SMILES string of the molecule is FC(F)(F)c1ccc(-c2nnc(CCCl)s2)nc1. The number of nitrogens with zero attached hydrogens (tertiary/aromatic N) is 3. The molecule has 0 aliphatic heterocycles. The van der Waals surface area contributed by atoms with Crippen LogP contribution in [0.1, 0.15) is 10.6 Å². The Morgan fingerprint density at radius 1 is 1.22 bits per heavy atom. The summed E-state index contributed by atoms with van der Waals surface area (Å²) in [7, 11) is 0. The smallest absolute Gasteiger partial charge is 0.253 e. The van der Waals surface area contributed by atoms with Crippen LogP contribution in [0, 0.1) is 0 Å². The standard InChI is InChI=1S/C10H7ClF3N3S/c11-4-3-8-16-17-9(18-8)7-2-1-6(5-15-7)10(12,13)14/h1-2,5H,3-4H2. The number of halogens is 4. The molecule has 0 aliphatic carbocycles. The fourth-order valence-corrected chi connectivity index (χ4v) is 2.33. The number of rotatable bonds is 3. The number of alkyl halides is 4. The molecule has 0 saturated carbocycles. The molecule has 0 spiro atoms. The van der Waals surface area contributed by atoms with E-state index in [9.17, 15) is 13.2 Å². The zero-order valence-corrected chi connectivity index (χ0v) is 10.5. The van der Waals surface area contributed by atoms with Crippen LogP contribution in [0.25, 0.3) is 10.7 Å².